The number of hydrogen-bond donors (Lipinski definition) is 0. The zero-order chi connectivity index (χ0) is 30.9. The summed E-state index contributed by atoms with van der Waals surface area (Å²) < 4.78 is 101. The van der Waals surface area contributed by atoms with Crippen molar-refractivity contribution in [1.82, 2.24) is 24.7 Å². The van der Waals surface area contributed by atoms with Gasteiger partial charge in [-0.2, -0.15) is 36.5 Å². The van der Waals surface area contributed by atoms with E-state index in [2.05, 4.69) is 20.2 Å². The number of ether oxygens (including phenoxy) is 1. The molecule has 0 saturated heterocycles. The third-order valence-electron chi connectivity index (χ3n) is 6.37. The van der Waals surface area contributed by atoms with Gasteiger partial charge >= 0.3 is 18.3 Å². The van der Waals surface area contributed by atoms with Crippen molar-refractivity contribution in [1.29, 1.82) is 0 Å². The van der Waals surface area contributed by atoms with E-state index >= 15 is 0 Å². The van der Waals surface area contributed by atoms with Gasteiger partial charge in [0.15, 0.2) is 11.9 Å². The van der Waals surface area contributed by atoms with Gasteiger partial charge in [-0.1, -0.05) is 25.1 Å². The van der Waals surface area contributed by atoms with Crippen molar-refractivity contribution in [2.45, 2.75) is 31.7 Å². The summed E-state index contributed by atoms with van der Waals surface area (Å²) in [5.74, 6) is -1.16. The second-order valence-electron chi connectivity index (χ2n) is 9.36. The fourth-order valence-electron chi connectivity index (χ4n) is 4.34. The lowest BCUT2D eigenvalue weighted by atomic mass is 10.00. The van der Waals surface area contributed by atoms with Gasteiger partial charge in [0.05, 0.1) is 40.4 Å². The van der Waals surface area contributed by atoms with E-state index in [4.69, 9.17) is 4.74 Å². The number of carbonyl (C=O) groups is 1. The standard InChI is InChI=1S/C29H20F7N5O2/c1-2-13-43-27(42)25(41-12-11-22-24(15-41)38-26(37-22)18-5-3-4-6-20(18)30)23-10-9-21(39-40-23)17-8-7-16(28(31,32)33)14-19(17)29(34,35)36/h3-12,14-15,25H,2,13H2,1H3. The van der Waals surface area contributed by atoms with Crippen LogP contribution in [0.5, 0.6) is 0 Å². The lowest BCUT2D eigenvalue weighted by Gasteiger charge is -2.20. The number of benzene rings is 2. The van der Waals surface area contributed by atoms with Crippen LogP contribution in [0.1, 0.15) is 36.2 Å². The molecule has 3 heterocycles. The number of nitrogens with zero attached hydrogens (tertiary/aromatic N) is 5. The maximum absolute atomic E-state index is 14.3. The topological polar surface area (TPSA) is 82.8 Å². The highest BCUT2D eigenvalue weighted by atomic mass is 19.4. The van der Waals surface area contributed by atoms with Gasteiger partial charge in [-0.05, 0) is 48.9 Å². The van der Waals surface area contributed by atoms with Gasteiger partial charge in [0.2, 0.25) is 0 Å². The van der Waals surface area contributed by atoms with Gasteiger partial charge in [-0.3, -0.25) is 0 Å². The monoisotopic (exact) mass is 603 g/mol. The average molecular weight is 603 g/mol. The molecule has 1 aromatic heterocycles. The molecule has 0 radical (unpaired) electrons. The van der Waals surface area contributed by atoms with Crippen LogP contribution in [0.15, 0.2) is 73.1 Å². The molecule has 3 aromatic rings. The molecular formula is C29H20F7N5O2. The molecule has 0 spiro atoms. The molecule has 222 valence electrons. The van der Waals surface area contributed by atoms with Gasteiger partial charge in [0.25, 0.3) is 0 Å². The van der Waals surface area contributed by atoms with Crippen LogP contribution in [-0.2, 0) is 21.9 Å². The minimum Gasteiger partial charge on any atom is -0.464 e. The Bertz CT molecular complexity index is 1730. The number of carbonyl (C=O) groups excluding carboxylic acids is 1. The van der Waals surface area contributed by atoms with E-state index in [0.717, 1.165) is 6.07 Å². The van der Waals surface area contributed by atoms with Crippen molar-refractivity contribution in [3.8, 4) is 34.0 Å². The third kappa shape index (κ3) is 6.17. The first-order valence-corrected chi connectivity index (χ1v) is 12.8. The molecule has 0 amide bonds. The minimum atomic E-state index is -5.11. The molecular weight excluding hydrogens is 583 g/mol. The molecule has 2 aliphatic heterocycles. The number of halogens is 7. The summed E-state index contributed by atoms with van der Waals surface area (Å²) in [5.41, 5.74) is -3.13. The molecule has 0 bridgehead atoms. The van der Waals surface area contributed by atoms with Gasteiger partial charge in [0.1, 0.15) is 11.5 Å². The molecule has 0 N–H and O–H groups in total. The molecule has 2 aromatic carbocycles. The molecule has 1 atom stereocenters. The van der Waals surface area contributed by atoms with E-state index in [1.165, 1.54) is 47.3 Å². The average Bonchev–Trinajstić information content (AvgIpc) is 3.39. The van der Waals surface area contributed by atoms with Crippen LogP contribution < -0.4 is 0 Å². The van der Waals surface area contributed by atoms with Crippen LogP contribution in [0.25, 0.3) is 34.0 Å². The second kappa shape index (κ2) is 11.4. The van der Waals surface area contributed by atoms with Crippen molar-refractivity contribution in [3.63, 3.8) is 0 Å². The first-order valence-electron chi connectivity index (χ1n) is 12.8. The Morgan fingerprint density at radius 2 is 1.60 bits per heavy atom. The number of aromatic nitrogens is 5. The second-order valence-corrected chi connectivity index (χ2v) is 9.36. The predicted octanol–water partition coefficient (Wildman–Crippen LogP) is 7.23. The van der Waals surface area contributed by atoms with E-state index in [-0.39, 0.29) is 35.4 Å². The quantitative estimate of drug-likeness (QED) is 0.144. The molecule has 0 saturated carbocycles. The smallest absolute Gasteiger partial charge is 0.417 e. The molecule has 2 aliphatic rings. The lowest BCUT2D eigenvalue weighted by Crippen LogP contribution is -2.25. The number of imidazole rings is 1. The Kier molecular flexibility index (Phi) is 7.86. The Hall–Kier alpha value is -4.88. The molecule has 1 unspecified atom stereocenters. The summed E-state index contributed by atoms with van der Waals surface area (Å²) in [5, 5.41) is 7.77. The normalized spacial score (nSPS) is 12.8. The Morgan fingerprint density at radius 3 is 2.26 bits per heavy atom. The summed E-state index contributed by atoms with van der Waals surface area (Å²) in [4.78, 5) is 21.8. The molecule has 0 fully saturated rings. The van der Waals surface area contributed by atoms with E-state index in [1.807, 2.05) is 0 Å². The highest BCUT2D eigenvalue weighted by molar-refractivity contribution is 5.78. The Morgan fingerprint density at radius 1 is 0.860 bits per heavy atom. The summed E-state index contributed by atoms with van der Waals surface area (Å²) in [6.45, 7) is 1.85. The number of hydrogen-bond acceptors (Lipinski definition) is 6. The van der Waals surface area contributed by atoms with E-state index in [9.17, 15) is 35.5 Å². The van der Waals surface area contributed by atoms with Crippen molar-refractivity contribution in [2.75, 3.05) is 6.61 Å². The van der Waals surface area contributed by atoms with E-state index < -0.39 is 46.9 Å². The number of rotatable bonds is 7. The van der Waals surface area contributed by atoms with Gasteiger partial charge in [-0.25, -0.2) is 19.2 Å². The predicted molar refractivity (Wildman–Crippen MR) is 139 cm³/mol. The fourth-order valence-corrected chi connectivity index (χ4v) is 4.34. The maximum Gasteiger partial charge on any atom is 0.417 e. The molecule has 14 heteroatoms. The summed E-state index contributed by atoms with van der Waals surface area (Å²) >= 11 is 0. The Labute approximate surface area is 239 Å². The number of alkyl halides is 6. The zero-order valence-corrected chi connectivity index (χ0v) is 22.1. The summed E-state index contributed by atoms with van der Waals surface area (Å²) in [7, 11) is 0. The third-order valence-corrected chi connectivity index (χ3v) is 6.37. The van der Waals surface area contributed by atoms with Gasteiger partial charge in [-0.15, -0.1) is 0 Å². The van der Waals surface area contributed by atoms with Crippen LogP contribution in [0.3, 0.4) is 0 Å². The van der Waals surface area contributed by atoms with E-state index in [0.29, 0.717) is 29.9 Å². The lowest BCUT2D eigenvalue weighted by molar-refractivity contribution is -0.146. The van der Waals surface area contributed by atoms with Crippen LogP contribution in [0.2, 0.25) is 0 Å². The van der Waals surface area contributed by atoms with Crippen LogP contribution >= 0.6 is 0 Å². The summed E-state index contributed by atoms with van der Waals surface area (Å²) in [6, 6.07) is 9.76. The highest BCUT2D eigenvalue weighted by Crippen LogP contribution is 2.40. The molecule has 7 nitrogen and oxygen atoms in total. The van der Waals surface area contributed by atoms with Crippen LogP contribution in [-0.4, -0.2) is 37.3 Å². The SMILES string of the molecule is CCCOC(=O)C(c1ccc(-c2ccc(C(F)(F)F)cc2C(F)(F)F)nn1)n1ccc2nc(-c3ccccc3F)nc-2c1. The van der Waals surface area contributed by atoms with Gasteiger partial charge < -0.3 is 9.30 Å². The number of fused-ring (bicyclic) bond motifs is 1. The zero-order valence-electron chi connectivity index (χ0n) is 22.1. The van der Waals surface area contributed by atoms with Crippen molar-refractivity contribution in [2.24, 2.45) is 0 Å². The van der Waals surface area contributed by atoms with Crippen molar-refractivity contribution in [3.05, 3.63) is 95.7 Å². The minimum absolute atomic E-state index is 0.0113. The largest absolute Gasteiger partial charge is 0.464 e. The fraction of sp³-hybridized carbons (Fsp3) is 0.207. The van der Waals surface area contributed by atoms with Crippen molar-refractivity contribution < 1.29 is 40.3 Å². The summed E-state index contributed by atoms with van der Waals surface area (Å²) in [6.07, 6.45) is -6.66. The van der Waals surface area contributed by atoms with E-state index in [1.54, 1.807) is 13.0 Å². The molecule has 0 aliphatic carbocycles. The first kappa shape index (κ1) is 29.6. The van der Waals surface area contributed by atoms with Crippen molar-refractivity contribution >= 4 is 5.97 Å². The number of esters is 1. The number of pyridine rings is 1. The van der Waals surface area contributed by atoms with Crippen LogP contribution in [0, 0.1) is 5.82 Å². The first-order chi connectivity index (χ1) is 20.4. The van der Waals surface area contributed by atoms with Gasteiger partial charge in [0, 0.05) is 18.0 Å². The Balaban J connectivity index is 1.54. The highest BCUT2D eigenvalue weighted by Gasteiger charge is 2.39. The van der Waals surface area contributed by atoms with Crippen LogP contribution in [0.4, 0.5) is 30.7 Å². The maximum atomic E-state index is 14.3. The molecule has 5 rings (SSSR count). The molecule has 43 heavy (non-hydrogen) atoms.